The molecule has 9 nitrogen and oxygen atoms in total. The fraction of sp³-hybridized carbons (Fsp3) is 0.273. The van der Waals surface area contributed by atoms with Crippen molar-refractivity contribution in [1.82, 2.24) is 4.31 Å². The molecule has 2 aromatic carbocycles. The number of sulfonamides is 1. The van der Waals surface area contributed by atoms with Crippen LogP contribution in [0.4, 0.5) is 14.5 Å². The van der Waals surface area contributed by atoms with Gasteiger partial charge in [-0.15, -0.1) is 0 Å². The maximum absolute atomic E-state index is 12.7. The lowest BCUT2D eigenvalue weighted by atomic mass is 10.2. The standard InChI is InChI=1S/C22H22F2N2O7S/c23-22(24)33-18-7-4-16(5-8-18)6-9-21(28)32-15-20(27)25-17-2-1-3-19(14-17)34(29,30)26-10-12-31-13-11-26/h1-9,14,22H,10-13,15H2,(H,25,27)/b9-6+. The average molecular weight is 496 g/mol. The number of morpholine rings is 1. The fourth-order valence-corrected chi connectivity index (χ4v) is 4.43. The summed E-state index contributed by atoms with van der Waals surface area (Å²) >= 11 is 0. The number of nitrogens with one attached hydrogen (secondary N) is 1. The third kappa shape index (κ3) is 7.33. The van der Waals surface area contributed by atoms with Gasteiger partial charge < -0.3 is 19.5 Å². The molecular formula is C22H22F2N2O7S. The summed E-state index contributed by atoms with van der Waals surface area (Å²) in [7, 11) is -3.73. The Bertz CT molecular complexity index is 1130. The Hall–Kier alpha value is -3.35. The van der Waals surface area contributed by atoms with Gasteiger partial charge >= 0.3 is 12.6 Å². The molecule has 2 aromatic rings. The fourth-order valence-electron chi connectivity index (χ4n) is 2.98. The number of rotatable bonds is 9. The lowest BCUT2D eigenvalue weighted by Gasteiger charge is -2.26. The van der Waals surface area contributed by atoms with Crippen LogP contribution in [0, 0.1) is 0 Å². The second-order valence-corrected chi connectivity index (χ2v) is 8.92. The number of carbonyl (C=O) groups excluding carboxylic acids is 2. The van der Waals surface area contributed by atoms with Crippen LogP contribution in [0.3, 0.4) is 0 Å². The summed E-state index contributed by atoms with van der Waals surface area (Å²) in [5, 5.41) is 2.49. The Morgan fingerprint density at radius 3 is 2.50 bits per heavy atom. The lowest BCUT2D eigenvalue weighted by Crippen LogP contribution is -2.40. The van der Waals surface area contributed by atoms with Crippen molar-refractivity contribution < 1.29 is 41.0 Å². The van der Waals surface area contributed by atoms with Crippen molar-refractivity contribution in [3.8, 4) is 5.75 Å². The van der Waals surface area contributed by atoms with Crippen LogP contribution >= 0.6 is 0 Å². The van der Waals surface area contributed by atoms with Crippen molar-refractivity contribution in [2.24, 2.45) is 0 Å². The Labute approximate surface area is 195 Å². The Morgan fingerprint density at radius 2 is 1.82 bits per heavy atom. The number of ether oxygens (including phenoxy) is 3. The zero-order valence-electron chi connectivity index (χ0n) is 17.9. The number of halogens is 2. The Kier molecular flexibility index (Phi) is 8.68. The van der Waals surface area contributed by atoms with E-state index in [0.29, 0.717) is 18.8 Å². The third-order valence-corrected chi connectivity index (χ3v) is 6.48. The van der Waals surface area contributed by atoms with E-state index in [0.717, 1.165) is 6.08 Å². The molecule has 34 heavy (non-hydrogen) atoms. The number of esters is 1. The zero-order chi connectivity index (χ0) is 24.6. The van der Waals surface area contributed by atoms with Crippen LogP contribution < -0.4 is 10.1 Å². The maximum Gasteiger partial charge on any atom is 0.387 e. The van der Waals surface area contributed by atoms with Crippen LogP contribution in [0.15, 0.2) is 59.5 Å². The van der Waals surface area contributed by atoms with Crippen molar-refractivity contribution >= 4 is 33.7 Å². The Morgan fingerprint density at radius 1 is 1.12 bits per heavy atom. The van der Waals surface area contributed by atoms with Gasteiger partial charge in [0.1, 0.15) is 5.75 Å². The summed E-state index contributed by atoms with van der Waals surface area (Å²) in [4.78, 5) is 24.0. The summed E-state index contributed by atoms with van der Waals surface area (Å²) in [5.41, 5.74) is 0.762. The minimum atomic E-state index is -3.73. The molecule has 1 N–H and O–H groups in total. The first-order chi connectivity index (χ1) is 16.2. The molecule has 1 fully saturated rings. The van der Waals surface area contributed by atoms with Gasteiger partial charge in [0.05, 0.1) is 18.1 Å². The number of amides is 1. The predicted molar refractivity (Wildman–Crippen MR) is 118 cm³/mol. The van der Waals surface area contributed by atoms with Gasteiger partial charge in [-0.3, -0.25) is 4.79 Å². The molecule has 1 heterocycles. The minimum absolute atomic E-state index is 0.0202. The molecule has 0 atom stereocenters. The summed E-state index contributed by atoms with van der Waals surface area (Å²) in [6.45, 7) is -2.40. The van der Waals surface area contributed by atoms with Crippen LogP contribution in [-0.2, 0) is 29.1 Å². The molecular weight excluding hydrogens is 474 g/mol. The van der Waals surface area contributed by atoms with Gasteiger partial charge in [0.2, 0.25) is 10.0 Å². The monoisotopic (exact) mass is 496 g/mol. The summed E-state index contributed by atoms with van der Waals surface area (Å²) in [5.74, 6) is -1.48. The van der Waals surface area contributed by atoms with Gasteiger partial charge in [0, 0.05) is 24.9 Å². The largest absolute Gasteiger partial charge is 0.452 e. The van der Waals surface area contributed by atoms with Gasteiger partial charge in [-0.2, -0.15) is 13.1 Å². The van der Waals surface area contributed by atoms with E-state index in [1.165, 1.54) is 58.9 Å². The molecule has 0 radical (unpaired) electrons. The highest BCUT2D eigenvalue weighted by Crippen LogP contribution is 2.20. The van der Waals surface area contributed by atoms with E-state index in [9.17, 15) is 26.8 Å². The van der Waals surface area contributed by atoms with Gasteiger partial charge in [0.15, 0.2) is 6.61 Å². The van der Waals surface area contributed by atoms with Crippen LogP contribution in [0.1, 0.15) is 5.56 Å². The van der Waals surface area contributed by atoms with E-state index in [1.807, 2.05) is 0 Å². The van der Waals surface area contributed by atoms with Crippen LogP contribution in [0.2, 0.25) is 0 Å². The van der Waals surface area contributed by atoms with Crippen LogP contribution in [-0.4, -0.2) is 64.1 Å². The van der Waals surface area contributed by atoms with Gasteiger partial charge in [0.25, 0.3) is 5.91 Å². The van der Waals surface area contributed by atoms with Crippen molar-refractivity contribution in [3.05, 3.63) is 60.2 Å². The van der Waals surface area contributed by atoms with Gasteiger partial charge in [-0.1, -0.05) is 18.2 Å². The molecule has 0 spiro atoms. The molecule has 1 aliphatic rings. The van der Waals surface area contributed by atoms with Crippen LogP contribution in [0.5, 0.6) is 5.75 Å². The normalized spacial score (nSPS) is 14.8. The quantitative estimate of drug-likeness (QED) is 0.419. The number of alkyl halides is 2. The third-order valence-electron chi connectivity index (χ3n) is 4.59. The number of hydrogen-bond acceptors (Lipinski definition) is 7. The SMILES string of the molecule is O=C(COC(=O)/C=C/c1ccc(OC(F)F)cc1)Nc1cccc(S(=O)(=O)N2CCOCC2)c1. The van der Waals surface area contributed by atoms with Crippen molar-refractivity contribution in [1.29, 1.82) is 0 Å². The molecule has 3 rings (SSSR count). The molecule has 12 heteroatoms. The van der Waals surface area contributed by atoms with Crippen LogP contribution in [0.25, 0.3) is 6.08 Å². The number of nitrogens with zero attached hydrogens (tertiary/aromatic N) is 1. The molecule has 182 valence electrons. The highest BCUT2D eigenvalue weighted by molar-refractivity contribution is 7.89. The second-order valence-electron chi connectivity index (χ2n) is 6.98. The van der Waals surface area contributed by atoms with E-state index in [2.05, 4.69) is 10.1 Å². The van der Waals surface area contributed by atoms with Crippen molar-refractivity contribution in [2.75, 3.05) is 38.2 Å². The first-order valence-electron chi connectivity index (χ1n) is 10.1. The highest BCUT2D eigenvalue weighted by atomic mass is 32.2. The summed E-state index contributed by atoms with van der Waals surface area (Å²) in [6, 6.07) is 11.3. The zero-order valence-corrected chi connectivity index (χ0v) is 18.7. The summed E-state index contributed by atoms with van der Waals surface area (Å²) < 4.78 is 65.3. The molecule has 1 amide bonds. The van der Waals surface area contributed by atoms with Crippen molar-refractivity contribution in [3.63, 3.8) is 0 Å². The van der Waals surface area contributed by atoms with Gasteiger partial charge in [-0.25, -0.2) is 13.2 Å². The van der Waals surface area contributed by atoms with E-state index in [-0.39, 0.29) is 29.4 Å². The molecule has 0 unspecified atom stereocenters. The maximum atomic E-state index is 12.7. The molecule has 0 aromatic heterocycles. The number of hydrogen-bond donors (Lipinski definition) is 1. The number of benzene rings is 2. The lowest BCUT2D eigenvalue weighted by molar-refractivity contribution is -0.142. The van der Waals surface area contributed by atoms with E-state index >= 15 is 0 Å². The molecule has 1 aliphatic heterocycles. The number of anilines is 1. The molecule has 1 saturated heterocycles. The Balaban J connectivity index is 1.50. The smallest absolute Gasteiger partial charge is 0.387 e. The summed E-state index contributed by atoms with van der Waals surface area (Å²) in [6.07, 6.45) is 2.46. The minimum Gasteiger partial charge on any atom is -0.452 e. The second kappa shape index (κ2) is 11.7. The average Bonchev–Trinajstić information content (AvgIpc) is 2.82. The number of carbonyl (C=O) groups is 2. The highest BCUT2D eigenvalue weighted by Gasteiger charge is 2.26. The molecule has 0 saturated carbocycles. The first kappa shape index (κ1) is 25.3. The molecule has 0 aliphatic carbocycles. The van der Waals surface area contributed by atoms with E-state index in [1.54, 1.807) is 0 Å². The van der Waals surface area contributed by atoms with E-state index < -0.39 is 35.1 Å². The predicted octanol–water partition coefficient (Wildman–Crippen LogP) is 2.50. The first-order valence-corrected chi connectivity index (χ1v) is 11.6. The van der Waals surface area contributed by atoms with Gasteiger partial charge in [-0.05, 0) is 42.0 Å². The van der Waals surface area contributed by atoms with Crippen molar-refractivity contribution in [2.45, 2.75) is 11.5 Å². The topological polar surface area (TPSA) is 111 Å². The van der Waals surface area contributed by atoms with E-state index in [4.69, 9.17) is 9.47 Å². The molecule has 0 bridgehead atoms.